The van der Waals surface area contributed by atoms with Gasteiger partial charge in [0.2, 0.25) is 0 Å². The summed E-state index contributed by atoms with van der Waals surface area (Å²) in [6.45, 7) is 6.40. The van der Waals surface area contributed by atoms with Gasteiger partial charge in [0, 0.05) is 19.3 Å². The van der Waals surface area contributed by atoms with Crippen molar-refractivity contribution in [2.45, 2.75) is 232 Å². The van der Waals surface area contributed by atoms with Gasteiger partial charge in [-0.25, -0.2) is 0 Å². The Kier molecular flexibility index (Phi) is 49.5. The molecule has 0 bridgehead atoms. The van der Waals surface area contributed by atoms with Crippen LogP contribution in [-0.2, 0) is 28.6 Å². The molecule has 0 aliphatic carbocycles. The maximum atomic E-state index is 12.8. The topological polar surface area (TPSA) is 78.9 Å². The molecule has 0 aromatic rings. The molecule has 65 heavy (non-hydrogen) atoms. The number of ether oxygens (including phenoxy) is 3. The van der Waals surface area contributed by atoms with Crippen LogP contribution in [0.15, 0.2) is 109 Å². The van der Waals surface area contributed by atoms with Crippen LogP contribution in [0.1, 0.15) is 226 Å². The number of rotatable bonds is 46. The van der Waals surface area contributed by atoms with Crippen LogP contribution in [0.5, 0.6) is 0 Å². The Morgan fingerprint density at radius 3 is 1.03 bits per heavy atom. The highest BCUT2D eigenvalue weighted by molar-refractivity contribution is 5.71. The molecule has 0 aliphatic heterocycles. The summed E-state index contributed by atoms with van der Waals surface area (Å²) < 4.78 is 16.7. The molecule has 0 rings (SSSR count). The average Bonchev–Trinajstić information content (AvgIpc) is 3.30. The van der Waals surface area contributed by atoms with Gasteiger partial charge in [-0.15, -0.1) is 0 Å². The molecular formula is C59H96O6. The highest BCUT2D eigenvalue weighted by Gasteiger charge is 2.19. The van der Waals surface area contributed by atoms with Gasteiger partial charge in [0.15, 0.2) is 6.10 Å². The number of esters is 3. The molecule has 0 saturated carbocycles. The Morgan fingerprint density at radius 1 is 0.323 bits per heavy atom. The largest absolute Gasteiger partial charge is 0.462 e. The van der Waals surface area contributed by atoms with Crippen molar-refractivity contribution in [2.75, 3.05) is 13.2 Å². The smallest absolute Gasteiger partial charge is 0.306 e. The Balaban J connectivity index is 4.54. The Labute approximate surface area is 400 Å². The van der Waals surface area contributed by atoms with Crippen LogP contribution in [0.4, 0.5) is 0 Å². The highest BCUT2D eigenvalue weighted by Crippen LogP contribution is 2.13. The second-order valence-corrected chi connectivity index (χ2v) is 17.1. The number of allylic oxidation sites excluding steroid dienone is 18. The molecule has 0 heterocycles. The van der Waals surface area contributed by atoms with Gasteiger partial charge in [-0.2, -0.15) is 0 Å². The fraction of sp³-hybridized carbons (Fsp3) is 0.644. The molecule has 6 heteroatoms. The van der Waals surface area contributed by atoms with E-state index in [1.54, 1.807) is 0 Å². The maximum absolute atomic E-state index is 12.8. The van der Waals surface area contributed by atoms with Crippen molar-refractivity contribution < 1.29 is 28.6 Å². The Morgan fingerprint density at radius 2 is 0.631 bits per heavy atom. The fourth-order valence-electron chi connectivity index (χ4n) is 6.83. The molecule has 368 valence electrons. The normalized spacial score (nSPS) is 13.0. The van der Waals surface area contributed by atoms with Crippen molar-refractivity contribution in [3.63, 3.8) is 0 Å². The summed E-state index contributed by atoms with van der Waals surface area (Å²) in [4.78, 5) is 38.0. The molecule has 0 aromatic carbocycles. The molecule has 0 aromatic heterocycles. The molecule has 0 spiro atoms. The minimum Gasteiger partial charge on any atom is -0.462 e. The van der Waals surface area contributed by atoms with E-state index in [1.807, 2.05) is 12.2 Å². The van der Waals surface area contributed by atoms with E-state index in [0.29, 0.717) is 19.3 Å². The lowest BCUT2D eigenvalue weighted by Gasteiger charge is -2.18. The molecule has 0 aliphatic rings. The van der Waals surface area contributed by atoms with Gasteiger partial charge in [-0.1, -0.05) is 220 Å². The predicted molar refractivity (Wildman–Crippen MR) is 279 cm³/mol. The van der Waals surface area contributed by atoms with Crippen molar-refractivity contribution in [3.8, 4) is 0 Å². The summed E-state index contributed by atoms with van der Waals surface area (Å²) in [6, 6.07) is 0. The summed E-state index contributed by atoms with van der Waals surface area (Å²) in [5.74, 6) is -1.03. The van der Waals surface area contributed by atoms with Crippen molar-refractivity contribution >= 4 is 17.9 Å². The van der Waals surface area contributed by atoms with Crippen LogP contribution in [0, 0.1) is 0 Å². The lowest BCUT2D eigenvalue weighted by atomic mass is 10.1. The second-order valence-electron chi connectivity index (χ2n) is 17.1. The van der Waals surface area contributed by atoms with Crippen LogP contribution in [0.2, 0.25) is 0 Å². The number of carbonyl (C=O) groups excluding carboxylic acids is 3. The average molecular weight is 901 g/mol. The lowest BCUT2D eigenvalue weighted by molar-refractivity contribution is -0.166. The number of unbranched alkanes of at least 4 members (excludes halogenated alkanes) is 17. The molecular weight excluding hydrogens is 805 g/mol. The van der Waals surface area contributed by atoms with Gasteiger partial charge in [-0.3, -0.25) is 14.4 Å². The molecule has 0 saturated heterocycles. The second kappa shape index (κ2) is 52.7. The number of carbonyl (C=O) groups is 3. The van der Waals surface area contributed by atoms with E-state index in [1.165, 1.54) is 77.0 Å². The lowest BCUT2D eigenvalue weighted by Crippen LogP contribution is -2.30. The van der Waals surface area contributed by atoms with Gasteiger partial charge in [0.25, 0.3) is 0 Å². The molecule has 1 atom stereocenters. The standard InChI is InChI=1S/C59H96O6/c1-4-7-10-13-16-19-22-24-26-28-29-31-33-35-38-41-44-47-50-53-59(62)65-56(54-63-57(60)51-48-45-42-39-36-21-18-15-12-9-6-3)55-64-58(61)52-49-46-43-40-37-34-32-30-27-25-23-20-17-14-11-8-5-2/h7,10,16-17,19-20,24-27,29,31-32,34-35,38,44,47,56H,4-6,8-9,11-15,18,21-23,28,30,33,36-37,39-43,45-46,48-55H2,1-3H3/b10-7-,19-16-,20-17-,26-24-,27-25-,31-29-,34-32-,38-35-,47-44-/t56-/m0/s1. The van der Waals surface area contributed by atoms with Gasteiger partial charge in [-0.05, 0) is 96.3 Å². The van der Waals surface area contributed by atoms with Gasteiger partial charge in [0.05, 0.1) is 0 Å². The van der Waals surface area contributed by atoms with E-state index >= 15 is 0 Å². The van der Waals surface area contributed by atoms with E-state index in [9.17, 15) is 14.4 Å². The van der Waals surface area contributed by atoms with Crippen LogP contribution in [0.3, 0.4) is 0 Å². The molecule has 0 unspecified atom stereocenters. The minimum atomic E-state index is -0.827. The first-order valence-electron chi connectivity index (χ1n) is 26.4. The van der Waals surface area contributed by atoms with Gasteiger partial charge in [0.1, 0.15) is 13.2 Å². The quantitative estimate of drug-likeness (QED) is 0.0262. The molecule has 0 radical (unpaired) electrons. The van der Waals surface area contributed by atoms with Crippen LogP contribution < -0.4 is 0 Å². The van der Waals surface area contributed by atoms with Gasteiger partial charge < -0.3 is 14.2 Å². The molecule has 0 amide bonds. The maximum Gasteiger partial charge on any atom is 0.306 e. The van der Waals surface area contributed by atoms with Crippen molar-refractivity contribution in [1.82, 2.24) is 0 Å². The molecule has 6 nitrogen and oxygen atoms in total. The van der Waals surface area contributed by atoms with E-state index in [2.05, 4.69) is 118 Å². The zero-order chi connectivity index (χ0) is 47.2. The van der Waals surface area contributed by atoms with Crippen LogP contribution in [-0.4, -0.2) is 37.2 Å². The van der Waals surface area contributed by atoms with E-state index in [0.717, 1.165) is 103 Å². The van der Waals surface area contributed by atoms with Crippen LogP contribution in [0.25, 0.3) is 0 Å². The van der Waals surface area contributed by atoms with E-state index in [4.69, 9.17) is 14.2 Å². The zero-order valence-electron chi connectivity index (χ0n) is 42.0. The van der Waals surface area contributed by atoms with Gasteiger partial charge >= 0.3 is 17.9 Å². The third-order valence-corrected chi connectivity index (χ3v) is 10.8. The Bertz CT molecular complexity index is 1360. The third kappa shape index (κ3) is 50.9. The first-order chi connectivity index (χ1) is 32.0. The van der Waals surface area contributed by atoms with E-state index < -0.39 is 12.1 Å². The first kappa shape index (κ1) is 61.1. The van der Waals surface area contributed by atoms with Crippen LogP contribution >= 0.6 is 0 Å². The predicted octanol–water partition coefficient (Wildman–Crippen LogP) is 17.5. The monoisotopic (exact) mass is 901 g/mol. The third-order valence-electron chi connectivity index (χ3n) is 10.8. The number of hydrogen-bond donors (Lipinski definition) is 0. The van der Waals surface area contributed by atoms with Crippen molar-refractivity contribution in [3.05, 3.63) is 109 Å². The summed E-state index contributed by atoms with van der Waals surface area (Å²) in [7, 11) is 0. The Hall–Kier alpha value is -3.93. The minimum absolute atomic E-state index is 0.116. The number of hydrogen-bond acceptors (Lipinski definition) is 6. The first-order valence-corrected chi connectivity index (χ1v) is 26.4. The molecule has 0 fully saturated rings. The summed E-state index contributed by atoms with van der Waals surface area (Å²) in [5, 5.41) is 0. The fourth-order valence-corrected chi connectivity index (χ4v) is 6.83. The van der Waals surface area contributed by atoms with E-state index in [-0.39, 0.29) is 31.6 Å². The summed E-state index contributed by atoms with van der Waals surface area (Å²) in [5.41, 5.74) is 0. The summed E-state index contributed by atoms with van der Waals surface area (Å²) in [6.07, 6.45) is 70.8. The molecule has 0 N–H and O–H groups in total. The SMILES string of the molecule is CC/C=C\C/C=C\C/C=C\C/C=C\C/C=C\C/C=C\CCC(=O)O[C@H](COC(=O)CCCCCC/C=C\C/C=C\C/C=C\CCCCC)COC(=O)CCCCCCCCCCCCC. The highest BCUT2D eigenvalue weighted by atomic mass is 16.6. The zero-order valence-corrected chi connectivity index (χ0v) is 42.0. The van der Waals surface area contributed by atoms with Crippen molar-refractivity contribution in [2.24, 2.45) is 0 Å². The summed E-state index contributed by atoms with van der Waals surface area (Å²) >= 11 is 0. The van der Waals surface area contributed by atoms with Crippen molar-refractivity contribution in [1.29, 1.82) is 0 Å².